The number of nitrogens with zero attached hydrogens (tertiary/aromatic N) is 1. The first kappa shape index (κ1) is 16.9. The number of nitrogens with one attached hydrogen (secondary N) is 2. The normalized spacial score (nSPS) is 11.1. The van der Waals surface area contributed by atoms with Crippen LogP contribution < -0.4 is 15.4 Å². The van der Waals surface area contributed by atoms with Crippen LogP contribution in [-0.4, -0.2) is 26.2 Å². The molecule has 0 aliphatic rings. The summed E-state index contributed by atoms with van der Waals surface area (Å²) in [6.07, 6.45) is 0.917. The van der Waals surface area contributed by atoms with Crippen LogP contribution in [0.3, 0.4) is 0 Å². The van der Waals surface area contributed by atoms with Gasteiger partial charge in [0.15, 0.2) is 5.96 Å². The molecule has 2 aromatic carbocycles. The molecule has 2 rings (SSSR count). The van der Waals surface area contributed by atoms with Crippen LogP contribution in [-0.2, 0) is 6.54 Å². The Balaban J connectivity index is 1.64. The minimum Gasteiger partial charge on any atom is -0.494 e. The maximum absolute atomic E-state index is 5.67. The van der Waals surface area contributed by atoms with Crippen LogP contribution in [0.4, 0.5) is 0 Å². The zero-order valence-corrected chi connectivity index (χ0v) is 13.9. The lowest BCUT2D eigenvalue weighted by Gasteiger charge is -2.13. The zero-order valence-electron chi connectivity index (χ0n) is 13.9. The van der Waals surface area contributed by atoms with Gasteiger partial charge in [-0.3, -0.25) is 4.99 Å². The fraction of sp³-hybridized carbons (Fsp3) is 0.316. The Morgan fingerprint density at radius 1 is 1.00 bits per heavy atom. The van der Waals surface area contributed by atoms with E-state index in [2.05, 4.69) is 46.8 Å². The topological polar surface area (TPSA) is 45.7 Å². The van der Waals surface area contributed by atoms with Crippen LogP contribution in [0.25, 0.3) is 0 Å². The lowest BCUT2D eigenvalue weighted by atomic mass is 10.1. The van der Waals surface area contributed by atoms with Gasteiger partial charge in [0.1, 0.15) is 5.75 Å². The molecule has 0 spiro atoms. The Hall–Kier alpha value is -2.49. The smallest absolute Gasteiger partial charge is 0.191 e. The molecule has 4 heteroatoms. The Bertz CT molecular complexity index is 611. The number of aliphatic imine (C=N–C) groups is 1. The summed E-state index contributed by atoms with van der Waals surface area (Å²) in [6, 6.07) is 18.2. The van der Waals surface area contributed by atoms with Gasteiger partial charge in [-0.1, -0.05) is 42.5 Å². The van der Waals surface area contributed by atoms with Crippen molar-refractivity contribution in [1.82, 2.24) is 10.6 Å². The minimum absolute atomic E-state index is 0.686. The first-order valence-electron chi connectivity index (χ1n) is 7.96. The maximum atomic E-state index is 5.67. The van der Waals surface area contributed by atoms with Gasteiger partial charge in [0.25, 0.3) is 0 Å². The van der Waals surface area contributed by atoms with Gasteiger partial charge in [0.05, 0.1) is 6.61 Å². The van der Waals surface area contributed by atoms with Crippen molar-refractivity contribution in [3.05, 3.63) is 65.7 Å². The van der Waals surface area contributed by atoms with Gasteiger partial charge in [-0.2, -0.15) is 0 Å². The van der Waals surface area contributed by atoms with E-state index in [0.29, 0.717) is 6.61 Å². The Morgan fingerprint density at radius 3 is 2.48 bits per heavy atom. The average Bonchev–Trinajstić information content (AvgIpc) is 2.59. The largest absolute Gasteiger partial charge is 0.494 e. The van der Waals surface area contributed by atoms with Crippen LogP contribution in [0.1, 0.15) is 17.5 Å². The molecule has 0 saturated carbocycles. The predicted molar refractivity (Wildman–Crippen MR) is 95.9 cm³/mol. The van der Waals surface area contributed by atoms with Crippen molar-refractivity contribution in [2.24, 2.45) is 4.99 Å². The van der Waals surface area contributed by atoms with Gasteiger partial charge in [-0.25, -0.2) is 0 Å². The molecule has 4 nitrogen and oxygen atoms in total. The molecule has 0 fully saturated rings. The van der Waals surface area contributed by atoms with Crippen LogP contribution in [0.15, 0.2) is 59.6 Å². The molecule has 0 aliphatic heterocycles. The van der Waals surface area contributed by atoms with E-state index in [-0.39, 0.29) is 0 Å². The third-order valence-corrected chi connectivity index (χ3v) is 3.56. The molecule has 0 aromatic heterocycles. The van der Waals surface area contributed by atoms with Gasteiger partial charge in [-0.15, -0.1) is 0 Å². The molecule has 0 heterocycles. The number of guanidine groups is 1. The van der Waals surface area contributed by atoms with Crippen molar-refractivity contribution in [2.75, 3.05) is 20.2 Å². The van der Waals surface area contributed by atoms with Gasteiger partial charge >= 0.3 is 0 Å². The van der Waals surface area contributed by atoms with E-state index in [1.165, 1.54) is 11.1 Å². The monoisotopic (exact) mass is 311 g/mol. The van der Waals surface area contributed by atoms with Crippen LogP contribution in [0, 0.1) is 6.92 Å². The lowest BCUT2D eigenvalue weighted by molar-refractivity contribution is 0.311. The molecule has 0 amide bonds. The Kier molecular flexibility index (Phi) is 6.98. The van der Waals surface area contributed by atoms with Crippen molar-refractivity contribution in [2.45, 2.75) is 19.9 Å². The van der Waals surface area contributed by atoms with Gasteiger partial charge in [0, 0.05) is 20.1 Å². The van der Waals surface area contributed by atoms with Crippen molar-refractivity contribution in [1.29, 1.82) is 0 Å². The molecular formula is C19H25N3O. The molecule has 122 valence electrons. The molecular weight excluding hydrogens is 286 g/mol. The lowest BCUT2D eigenvalue weighted by Crippen LogP contribution is -2.37. The number of aryl methyl sites for hydroxylation is 1. The van der Waals surface area contributed by atoms with E-state index in [0.717, 1.165) is 31.2 Å². The summed E-state index contributed by atoms with van der Waals surface area (Å²) in [6.45, 7) is 4.40. The summed E-state index contributed by atoms with van der Waals surface area (Å²) in [7, 11) is 1.79. The number of ether oxygens (including phenoxy) is 1. The Morgan fingerprint density at radius 2 is 1.74 bits per heavy atom. The van der Waals surface area contributed by atoms with E-state index >= 15 is 0 Å². The fourth-order valence-electron chi connectivity index (χ4n) is 2.19. The number of hydrogen-bond donors (Lipinski definition) is 2. The molecule has 0 radical (unpaired) electrons. The number of benzene rings is 2. The highest BCUT2D eigenvalue weighted by molar-refractivity contribution is 5.79. The highest BCUT2D eigenvalue weighted by Crippen LogP contribution is 2.08. The molecule has 0 aliphatic carbocycles. The zero-order chi connectivity index (χ0) is 16.3. The summed E-state index contributed by atoms with van der Waals surface area (Å²) < 4.78 is 5.67. The van der Waals surface area contributed by atoms with E-state index < -0.39 is 0 Å². The van der Waals surface area contributed by atoms with Crippen molar-refractivity contribution in [3.8, 4) is 5.75 Å². The average molecular weight is 311 g/mol. The summed E-state index contributed by atoms with van der Waals surface area (Å²) in [5.74, 6) is 1.72. The third kappa shape index (κ3) is 6.02. The standard InChI is InChI=1S/C19H25N3O/c1-16-9-6-7-10-17(16)15-22-19(20-2)21-13-8-14-23-18-11-4-3-5-12-18/h3-7,9-12H,8,13-15H2,1-2H3,(H2,20,21,22). The summed E-state index contributed by atoms with van der Waals surface area (Å²) in [4.78, 5) is 4.24. The van der Waals surface area contributed by atoms with E-state index in [4.69, 9.17) is 4.74 Å². The van der Waals surface area contributed by atoms with Gasteiger partial charge in [-0.05, 0) is 36.6 Å². The summed E-state index contributed by atoms with van der Waals surface area (Å²) >= 11 is 0. The predicted octanol–water partition coefficient (Wildman–Crippen LogP) is 3.13. The third-order valence-electron chi connectivity index (χ3n) is 3.56. The highest BCUT2D eigenvalue weighted by atomic mass is 16.5. The second kappa shape index (κ2) is 9.51. The molecule has 0 atom stereocenters. The Labute approximate surface area is 138 Å². The molecule has 2 aromatic rings. The molecule has 2 N–H and O–H groups in total. The second-order valence-corrected chi connectivity index (χ2v) is 5.29. The highest BCUT2D eigenvalue weighted by Gasteiger charge is 2.00. The SMILES string of the molecule is CN=C(NCCCOc1ccccc1)NCc1ccccc1C. The second-order valence-electron chi connectivity index (χ2n) is 5.29. The fourth-order valence-corrected chi connectivity index (χ4v) is 2.19. The molecule has 0 unspecified atom stereocenters. The van der Waals surface area contributed by atoms with Crippen LogP contribution >= 0.6 is 0 Å². The number of rotatable bonds is 7. The minimum atomic E-state index is 0.686. The van der Waals surface area contributed by atoms with Crippen LogP contribution in [0.2, 0.25) is 0 Å². The van der Waals surface area contributed by atoms with Gasteiger partial charge < -0.3 is 15.4 Å². The van der Waals surface area contributed by atoms with Crippen molar-refractivity contribution in [3.63, 3.8) is 0 Å². The summed E-state index contributed by atoms with van der Waals surface area (Å²) in [5.41, 5.74) is 2.56. The first-order valence-corrected chi connectivity index (χ1v) is 7.96. The molecule has 0 bridgehead atoms. The van der Waals surface area contributed by atoms with E-state index in [1.54, 1.807) is 7.05 Å². The quantitative estimate of drug-likeness (QED) is 0.469. The van der Waals surface area contributed by atoms with Crippen molar-refractivity contribution < 1.29 is 4.74 Å². The van der Waals surface area contributed by atoms with Gasteiger partial charge in [0.2, 0.25) is 0 Å². The molecule has 0 saturated heterocycles. The summed E-state index contributed by atoms with van der Waals surface area (Å²) in [5, 5.41) is 6.64. The van der Waals surface area contributed by atoms with E-state index in [1.807, 2.05) is 30.3 Å². The number of hydrogen-bond acceptors (Lipinski definition) is 2. The maximum Gasteiger partial charge on any atom is 0.191 e. The first-order chi connectivity index (χ1) is 11.3. The number of para-hydroxylation sites is 1. The van der Waals surface area contributed by atoms with Crippen molar-refractivity contribution >= 4 is 5.96 Å². The molecule has 23 heavy (non-hydrogen) atoms. The van der Waals surface area contributed by atoms with E-state index in [9.17, 15) is 0 Å². The van der Waals surface area contributed by atoms with Crippen LogP contribution in [0.5, 0.6) is 5.75 Å².